The van der Waals surface area contributed by atoms with E-state index < -0.39 is 44.6 Å². The molecule has 0 bridgehead atoms. The summed E-state index contributed by atoms with van der Waals surface area (Å²) in [5.41, 5.74) is 9.25. The van der Waals surface area contributed by atoms with E-state index in [0.29, 0.717) is 0 Å². The van der Waals surface area contributed by atoms with Gasteiger partial charge in [0.2, 0.25) is 0 Å². The van der Waals surface area contributed by atoms with Crippen LogP contribution in [0.5, 0.6) is 11.5 Å². The SMILES string of the molecule is Cc1cc2c(cc1C)[CH]1C(=C2)CCC2=Cc3cc(C)c(C)cc3[CH]2[Zr]1([O]c1ccc(C(F)(F)F)cc1)[O]c1ccc(C(F)(F)F)cc1. The summed E-state index contributed by atoms with van der Waals surface area (Å²) < 4.78 is 95.3. The predicted molar refractivity (Wildman–Crippen MR) is 167 cm³/mol. The number of hydrogen-bond donors (Lipinski definition) is 0. The third kappa shape index (κ3) is 5.58. The number of fused-ring (bicyclic) bond motifs is 6. The van der Waals surface area contributed by atoms with Crippen LogP contribution in [0, 0.1) is 27.7 Å². The van der Waals surface area contributed by atoms with E-state index in [2.05, 4.69) is 50.3 Å². The standard InChI is InChI=1S/C24H24.2C7H5F3O.Zr/c1-15-7-21-11-19(12-22(21)8-16(15)2)5-6-20-13-23-9-17(3)18(4)10-24(23)14-20;2*8-7(9,10)5-1-3-6(11)4-2-5;/h7-14H,5-6H2,1-4H3;2*1-4,11H;/q;;;+2/p-2. The Morgan fingerprint density at radius 3 is 1.21 bits per heavy atom. The van der Waals surface area contributed by atoms with E-state index in [1.165, 1.54) is 24.3 Å². The molecule has 0 aromatic heterocycles. The average Bonchev–Trinajstić information content (AvgIpc) is 3.49. The van der Waals surface area contributed by atoms with Gasteiger partial charge in [-0.3, -0.25) is 0 Å². The molecule has 1 heterocycles. The molecule has 1 aliphatic heterocycles. The first kappa shape index (κ1) is 32.0. The summed E-state index contributed by atoms with van der Waals surface area (Å²) in [5, 5.41) is 0. The van der Waals surface area contributed by atoms with Crippen LogP contribution in [-0.4, -0.2) is 0 Å². The first-order valence-electron chi connectivity index (χ1n) is 15.5. The van der Waals surface area contributed by atoms with Crippen molar-refractivity contribution in [1.29, 1.82) is 0 Å². The molecule has 0 N–H and O–H groups in total. The van der Waals surface area contributed by atoms with E-state index in [1.807, 2.05) is 13.8 Å². The summed E-state index contributed by atoms with van der Waals surface area (Å²) in [5.74, 6) is 0.492. The topological polar surface area (TPSA) is 18.5 Å². The van der Waals surface area contributed by atoms with Gasteiger partial charge in [-0.1, -0.05) is 0 Å². The van der Waals surface area contributed by atoms with Crippen molar-refractivity contribution in [2.24, 2.45) is 0 Å². The fourth-order valence-corrected chi connectivity index (χ4v) is 18.9. The summed E-state index contributed by atoms with van der Waals surface area (Å²) >= 11 is -5.04. The van der Waals surface area contributed by atoms with Crippen LogP contribution in [0.4, 0.5) is 26.3 Å². The maximum absolute atomic E-state index is 13.6. The van der Waals surface area contributed by atoms with Crippen LogP contribution >= 0.6 is 0 Å². The van der Waals surface area contributed by atoms with E-state index in [0.717, 1.165) is 92.8 Å². The van der Waals surface area contributed by atoms with Crippen LogP contribution in [0.3, 0.4) is 0 Å². The van der Waals surface area contributed by atoms with Gasteiger partial charge in [0.25, 0.3) is 0 Å². The van der Waals surface area contributed by atoms with Crippen molar-refractivity contribution < 1.29 is 53.1 Å². The van der Waals surface area contributed by atoms with E-state index in [9.17, 15) is 26.3 Å². The van der Waals surface area contributed by atoms with E-state index in [-0.39, 0.29) is 18.8 Å². The molecule has 0 radical (unpaired) electrons. The number of rotatable bonds is 4. The molecule has 4 aromatic carbocycles. The van der Waals surface area contributed by atoms with Gasteiger partial charge in [0.1, 0.15) is 0 Å². The maximum atomic E-state index is 13.6. The second-order valence-electron chi connectivity index (χ2n) is 12.9. The summed E-state index contributed by atoms with van der Waals surface area (Å²) in [6.07, 6.45) is -3.21. The van der Waals surface area contributed by atoms with Crippen molar-refractivity contribution in [3.63, 3.8) is 0 Å². The van der Waals surface area contributed by atoms with Crippen molar-refractivity contribution in [2.45, 2.75) is 60.1 Å². The molecule has 4 aromatic rings. The number of benzene rings is 4. The fraction of sp³-hybridized carbons (Fsp3) is 0.263. The Morgan fingerprint density at radius 1 is 0.532 bits per heavy atom. The Kier molecular flexibility index (Phi) is 7.66. The summed E-state index contributed by atoms with van der Waals surface area (Å²) in [4.78, 5) is 0. The third-order valence-electron chi connectivity index (χ3n) is 9.87. The molecule has 2 nitrogen and oxygen atoms in total. The molecule has 1 fully saturated rings. The Balaban J connectivity index is 1.49. The van der Waals surface area contributed by atoms with Crippen molar-refractivity contribution >= 4 is 12.2 Å². The summed E-state index contributed by atoms with van der Waals surface area (Å²) in [6, 6.07) is 18.0. The Morgan fingerprint density at radius 2 is 0.872 bits per heavy atom. The van der Waals surface area contributed by atoms with Crippen molar-refractivity contribution in [3.05, 3.63) is 140 Å². The molecule has 0 amide bonds. The van der Waals surface area contributed by atoms with Crippen molar-refractivity contribution in [3.8, 4) is 11.5 Å². The minimum atomic E-state index is -5.04. The van der Waals surface area contributed by atoms with E-state index in [4.69, 9.17) is 5.63 Å². The third-order valence-corrected chi connectivity index (χ3v) is 19.9. The zero-order valence-corrected chi connectivity index (χ0v) is 28.7. The second kappa shape index (κ2) is 11.3. The Hall–Kier alpha value is -3.58. The molecule has 7 rings (SSSR count). The van der Waals surface area contributed by atoms with Crippen LogP contribution in [0.1, 0.15) is 75.7 Å². The van der Waals surface area contributed by atoms with Gasteiger partial charge >= 0.3 is 276 Å². The monoisotopic (exact) mass is 724 g/mol. The molecule has 1 saturated heterocycles. The molecular weight excluding hydrogens is 694 g/mol. The number of allylic oxidation sites excluding steroid dienone is 2. The van der Waals surface area contributed by atoms with Crippen LogP contribution < -0.4 is 5.63 Å². The van der Waals surface area contributed by atoms with Gasteiger partial charge in [-0.05, 0) is 0 Å². The van der Waals surface area contributed by atoms with Gasteiger partial charge in [-0.2, -0.15) is 0 Å². The summed E-state index contributed by atoms with van der Waals surface area (Å²) in [7, 11) is 0. The molecule has 47 heavy (non-hydrogen) atoms. The van der Waals surface area contributed by atoms with Gasteiger partial charge in [0.05, 0.1) is 0 Å². The van der Waals surface area contributed by atoms with Crippen LogP contribution in [0.25, 0.3) is 12.2 Å². The molecular formula is C38H32F6O2Zr. The number of aryl methyl sites for hydroxylation is 4. The zero-order chi connectivity index (χ0) is 33.5. The van der Waals surface area contributed by atoms with E-state index >= 15 is 0 Å². The van der Waals surface area contributed by atoms with Gasteiger partial charge < -0.3 is 0 Å². The Labute approximate surface area is 275 Å². The predicted octanol–water partition coefficient (Wildman–Crippen LogP) is 11.5. The first-order chi connectivity index (χ1) is 22.1. The molecule has 3 aliphatic rings. The minimum absolute atomic E-state index is 0.246. The number of alkyl halides is 6. The fourth-order valence-electron chi connectivity index (χ4n) is 7.32. The van der Waals surface area contributed by atoms with Gasteiger partial charge in [0, 0.05) is 0 Å². The average molecular weight is 726 g/mol. The molecule has 9 heteroatoms. The zero-order valence-electron chi connectivity index (χ0n) is 26.2. The van der Waals surface area contributed by atoms with E-state index in [1.54, 1.807) is 0 Å². The molecule has 242 valence electrons. The van der Waals surface area contributed by atoms with Crippen LogP contribution in [0.15, 0.2) is 83.9 Å². The molecule has 0 saturated carbocycles. The number of hydrogen-bond acceptors (Lipinski definition) is 2. The Bertz CT molecular complexity index is 1810. The molecule has 2 aliphatic carbocycles. The van der Waals surface area contributed by atoms with Gasteiger partial charge in [-0.25, -0.2) is 0 Å². The van der Waals surface area contributed by atoms with Gasteiger partial charge in [0.15, 0.2) is 0 Å². The summed E-state index contributed by atoms with van der Waals surface area (Å²) in [6.45, 7) is 8.18. The van der Waals surface area contributed by atoms with Crippen molar-refractivity contribution in [2.75, 3.05) is 0 Å². The van der Waals surface area contributed by atoms with Crippen LogP contribution in [0.2, 0.25) is 0 Å². The molecule has 2 atom stereocenters. The quantitative estimate of drug-likeness (QED) is 0.195. The normalized spacial score (nSPS) is 19.5. The second-order valence-corrected chi connectivity index (χ2v) is 20.3. The first-order valence-corrected chi connectivity index (χ1v) is 20.3. The van der Waals surface area contributed by atoms with Crippen molar-refractivity contribution in [1.82, 2.24) is 0 Å². The number of halogens is 6. The molecule has 2 unspecified atom stereocenters. The van der Waals surface area contributed by atoms with Crippen LogP contribution in [-0.2, 0) is 33.5 Å². The molecule has 0 spiro atoms. The van der Waals surface area contributed by atoms with Gasteiger partial charge in [-0.15, -0.1) is 0 Å².